The van der Waals surface area contributed by atoms with Gasteiger partial charge in [0, 0.05) is 68.7 Å². The minimum Gasteiger partial charge on any atom is -0.369 e. The SMILES string of the molecule is Cc1cc(NC(=O)Cc2ccc(CN3CCN(c4ccc5c(c4)CN(C4CCC(=O)NC4=O)C5=O)CC3)cc2)n[nH]1. The van der Waals surface area contributed by atoms with E-state index in [9.17, 15) is 19.2 Å². The van der Waals surface area contributed by atoms with E-state index < -0.39 is 6.04 Å². The molecule has 0 radical (unpaired) electrons. The van der Waals surface area contributed by atoms with Crippen LogP contribution < -0.4 is 15.5 Å². The van der Waals surface area contributed by atoms with E-state index in [1.807, 2.05) is 31.2 Å². The fraction of sp³-hybridized carbons (Fsp3) is 0.367. The maximum atomic E-state index is 13.0. The van der Waals surface area contributed by atoms with E-state index in [-0.39, 0.29) is 30.0 Å². The first-order valence-electron chi connectivity index (χ1n) is 14.0. The van der Waals surface area contributed by atoms with Gasteiger partial charge in [0.2, 0.25) is 17.7 Å². The van der Waals surface area contributed by atoms with Gasteiger partial charge in [0.1, 0.15) is 6.04 Å². The fourth-order valence-electron chi connectivity index (χ4n) is 5.80. The summed E-state index contributed by atoms with van der Waals surface area (Å²) in [4.78, 5) is 55.5. The zero-order chi connectivity index (χ0) is 28.5. The molecular formula is C30H33N7O4. The summed E-state index contributed by atoms with van der Waals surface area (Å²) in [6.07, 6.45) is 0.908. The Morgan fingerprint density at radius 2 is 1.76 bits per heavy atom. The minimum atomic E-state index is -0.600. The standard InChI is InChI=1S/C30H33N7O4/c1-19-14-26(34-33-19)31-28(39)15-20-2-4-21(5-3-20)17-35-10-12-36(13-11-35)23-6-7-24-22(16-23)18-37(30(24)41)25-8-9-27(38)32-29(25)40/h2-7,14,16,25H,8-13,15,17-18H2,1H3,(H,32,38,40)(H2,31,33,34,39). The van der Waals surface area contributed by atoms with Crippen LogP contribution in [-0.4, -0.2) is 75.8 Å². The normalized spacial score (nSPS) is 19.3. The predicted octanol–water partition coefficient (Wildman–Crippen LogP) is 1.98. The molecule has 2 fully saturated rings. The quantitative estimate of drug-likeness (QED) is 0.380. The molecule has 1 aromatic heterocycles. The number of fused-ring (bicyclic) bond motifs is 1. The number of aromatic nitrogens is 2. The number of hydrogen-bond donors (Lipinski definition) is 3. The number of hydrogen-bond acceptors (Lipinski definition) is 7. The molecule has 0 spiro atoms. The Morgan fingerprint density at radius 3 is 2.46 bits per heavy atom. The largest absolute Gasteiger partial charge is 0.369 e. The number of amides is 4. The number of aromatic amines is 1. The van der Waals surface area contributed by atoms with Crippen LogP contribution in [0.5, 0.6) is 0 Å². The maximum Gasteiger partial charge on any atom is 0.255 e. The number of nitrogens with zero attached hydrogens (tertiary/aromatic N) is 4. The van der Waals surface area contributed by atoms with Crippen molar-refractivity contribution in [1.29, 1.82) is 0 Å². The average molecular weight is 556 g/mol. The third-order valence-electron chi connectivity index (χ3n) is 8.01. The molecule has 0 bridgehead atoms. The van der Waals surface area contributed by atoms with Gasteiger partial charge in [0.15, 0.2) is 5.82 Å². The van der Waals surface area contributed by atoms with E-state index in [2.05, 4.69) is 48.8 Å². The Bertz CT molecular complexity index is 1490. The van der Waals surface area contributed by atoms with E-state index >= 15 is 0 Å². The van der Waals surface area contributed by atoms with Gasteiger partial charge >= 0.3 is 0 Å². The summed E-state index contributed by atoms with van der Waals surface area (Å²) in [6, 6.07) is 15.3. The van der Waals surface area contributed by atoms with E-state index in [0.717, 1.165) is 55.2 Å². The summed E-state index contributed by atoms with van der Waals surface area (Å²) in [6.45, 7) is 6.67. The highest BCUT2D eigenvalue weighted by molar-refractivity contribution is 6.05. The summed E-state index contributed by atoms with van der Waals surface area (Å²) in [5.74, 6) is -0.384. The number of carbonyl (C=O) groups excluding carboxylic acids is 4. The summed E-state index contributed by atoms with van der Waals surface area (Å²) in [5, 5.41) is 12.0. The Balaban J connectivity index is 0.998. The fourth-order valence-corrected chi connectivity index (χ4v) is 5.80. The molecule has 3 aliphatic rings. The number of H-pyrrole nitrogens is 1. The van der Waals surface area contributed by atoms with E-state index in [1.54, 1.807) is 11.0 Å². The zero-order valence-corrected chi connectivity index (χ0v) is 23.0. The molecule has 3 N–H and O–H groups in total. The van der Waals surface area contributed by atoms with Crippen molar-refractivity contribution in [1.82, 2.24) is 25.3 Å². The number of piperazine rings is 1. The van der Waals surface area contributed by atoms with Crippen molar-refractivity contribution in [2.45, 2.75) is 45.3 Å². The van der Waals surface area contributed by atoms with Gasteiger partial charge < -0.3 is 15.1 Å². The number of aryl methyl sites for hydroxylation is 1. The third kappa shape index (κ3) is 5.85. The van der Waals surface area contributed by atoms with Crippen LogP contribution in [-0.2, 0) is 33.9 Å². The molecule has 4 heterocycles. The van der Waals surface area contributed by atoms with E-state index in [0.29, 0.717) is 30.8 Å². The predicted molar refractivity (Wildman–Crippen MR) is 152 cm³/mol. The van der Waals surface area contributed by atoms with Gasteiger partial charge in [-0.3, -0.25) is 34.5 Å². The lowest BCUT2D eigenvalue weighted by molar-refractivity contribution is -0.137. The highest BCUT2D eigenvalue weighted by Gasteiger charge is 2.39. The molecule has 6 rings (SSSR count). The van der Waals surface area contributed by atoms with Gasteiger partial charge in [-0.1, -0.05) is 24.3 Å². The smallest absolute Gasteiger partial charge is 0.255 e. The Labute approximate surface area is 237 Å². The minimum absolute atomic E-state index is 0.0972. The number of imide groups is 1. The molecular weight excluding hydrogens is 522 g/mol. The van der Waals surface area contributed by atoms with E-state index in [4.69, 9.17) is 0 Å². The Kier molecular flexibility index (Phi) is 7.27. The van der Waals surface area contributed by atoms with Crippen LogP contribution in [0, 0.1) is 6.92 Å². The van der Waals surface area contributed by atoms with Crippen molar-refractivity contribution >= 4 is 35.1 Å². The Hall–Kier alpha value is -4.51. The summed E-state index contributed by atoms with van der Waals surface area (Å²) < 4.78 is 0. The molecule has 2 aromatic carbocycles. The Morgan fingerprint density at radius 1 is 1.00 bits per heavy atom. The van der Waals surface area contributed by atoms with Crippen molar-refractivity contribution in [2.24, 2.45) is 0 Å². The van der Waals surface area contributed by atoms with Crippen molar-refractivity contribution in [3.05, 3.63) is 76.5 Å². The summed E-state index contributed by atoms with van der Waals surface area (Å²) in [7, 11) is 0. The zero-order valence-electron chi connectivity index (χ0n) is 23.0. The molecule has 0 saturated carbocycles. The molecule has 2 saturated heterocycles. The molecule has 4 amide bonds. The van der Waals surface area contributed by atoms with Gasteiger partial charge in [-0.15, -0.1) is 0 Å². The van der Waals surface area contributed by atoms with Crippen molar-refractivity contribution in [2.75, 3.05) is 36.4 Å². The van der Waals surface area contributed by atoms with Gasteiger partial charge in [-0.05, 0) is 48.2 Å². The second kappa shape index (κ2) is 11.2. The highest BCUT2D eigenvalue weighted by Crippen LogP contribution is 2.31. The molecule has 41 heavy (non-hydrogen) atoms. The van der Waals surface area contributed by atoms with Crippen LogP contribution >= 0.6 is 0 Å². The lowest BCUT2D eigenvalue weighted by Crippen LogP contribution is -2.52. The molecule has 0 aliphatic carbocycles. The first-order valence-corrected chi connectivity index (χ1v) is 14.0. The van der Waals surface area contributed by atoms with Crippen molar-refractivity contribution < 1.29 is 19.2 Å². The van der Waals surface area contributed by atoms with Crippen molar-refractivity contribution in [3.63, 3.8) is 0 Å². The van der Waals surface area contributed by atoms with Crippen LogP contribution in [0.4, 0.5) is 11.5 Å². The van der Waals surface area contributed by atoms with E-state index in [1.165, 1.54) is 5.56 Å². The van der Waals surface area contributed by atoms with Gasteiger partial charge in [0.05, 0.1) is 6.42 Å². The molecule has 1 unspecified atom stereocenters. The highest BCUT2D eigenvalue weighted by atomic mass is 16.2. The van der Waals surface area contributed by atoms with Crippen LogP contribution in [0.3, 0.4) is 0 Å². The summed E-state index contributed by atoms with van der Waals surface area (Å²) >= 11 is 0. The molecule has 1 atom stereocenters. The molecule has 212 valence electrons. The summed E-state index contributed by atoms with van der Waals surface area (Å²) in [5.41, 5.74) is 5.69. The topological polar surface area (TPSA) is 131 Å². The number of anilines is 2. The number of nitrogens with one attached hydrogen (secondary N) is 3. The monoisotopic (exact) mass is 555 g/mol. The van der Waals surface area contributed by atoms with Gasteiger partial charge in [-0.25, -0.2) is 0 Å². The number of rotatable bonds is 7. The van der Waals surface area contributed by atoms with Crippen LogP contribution in [0.2, 0.25) is 0 Å². The maximum absolute atomic E-state index is 13.0. The second-order valence-electron chi connectivity index (χ2n) is 11.0. The first kappa shape index (κ1) is 26.7. The third-order valence-corrected chi connectivity index (χ3v) is 8.01. The second-order valence-corrected chi connectivity index (χ2v) is 11.0. The lowest BCUT2D eigenvalue weighted by atomic mass is 10.0. The lowest BCUT2D eigenvalue weighted by Gasteiger charge is -2.36. The number of benzene rings is 2. The molecule has 3 aromatic rings. The van der Waals surface area contributed by atoms with Crippen molar-refractivity contribution in [3.8, 4) is 0 Å². The van der Waals surface area contributed by atoms with Crippen LogP contribution in [0.15, 0.2) is 48.5 Å². The van der Waals surface area contributed by atoms with Crippen LogP contribution in [0.1, 0.15) is 45.6 Å². The molecule has 3 aliphatic heterocycles. The first-order chi connectivity index (χ1) is 19.8. The molecule has 11 heteroatoms. The number of piperidine rings is 1. The number of carbonyl (C=O) groups is 4. The van der Waals surface area contributed by atoms with Gasteiger partial charge in [-0.2, -0.15) is 5.10 Å². The molecule has 11 nitrogen and oxygen atoms in total. The average Bonchev–Trinajstić information content (AvgIpc) is 3.51. The van der Waals surface area contributed by atoms with Crippen LogP contribution in [0.25, 0.3) is 0 Å². The van der Waals surface area contributed by atoms with Gasteiger partial charge in [0.25, 0.3) is 5.91 Å².